The summed E-state index contributed by atoms with van der Waals surface area (Å²) in [6.45, 7) is 6.73. The number of nitrogens with one attached hydrogen (secondary N) is 2. The molecule has 0 aliphatic rings. The van der Waals surface area contributed by atoms with Gasteiger partial charge in [0.1, 0.15) is 6.54 Å². The summed E-state index contributed by atoms with van der Waals surface area (Å²) in [5.41, 5.74) is 3.75. The Morgan fingerprint density at radius 3 is 2.32 bits per heavy atom. The third-order valence-corrected chi connectivity index (χ3v) is 4.25. The molecule has 2 amide bonds. The van der Waals surface area contributed by atoms with Gasteiger partial charge in [-0.2, -0.15) is 0 Å². The van der Waals surface area contributed by atoms with E-state index in [-0.39, 0.29) is 12.5 Å². The molecule has 0 aromatic heterocycles. The van der Waals surface area contributed by atoms with Crippen molar-refractivity contribution in [1.29, 1.82) is 0 Å². The monoisotopic (exact) mass is 402 g/mol. The molecule has 0 heterocycles. The number of aryl methyl sites for hydroxylation is 3. The van der Waals surface area contributed by atoms with E-state index in [4.69, 9.17) is 16.3 Å². The van der Waals surface area contributed by atoms with Crippen LogP contribution in [0.3, 0.4) is 0 Å². The summed E-state index contributed by atoms with van der Waals surface area (Å²) < 4.78 is 5.09. The van der Waals surface area contributed by atoms with E-state index in [0.29, 0.717) is 16.3 Å². The molecule has 6 nitrogen and oxygen atoms in total. The smallest absolute Gasteiger partial charge is 0.326 e. The molecule has 28 heavy (non-hydrogen) atoms. The molecule has 0 saturated carbocycles. The largest absolute Gasteiger partial charge is 0.451 e. The third kappa shape index (κ3) is 6.09. The van der Waals surface area contributed by atoms with Gasteiger partial charge < -0.3 is 15.4 Å². The maximum atomic E-state index is 12.2. The van der Waals surface area contributed by atoms with Gasteiger partial charge in [0.15, 0.2) is 6.10 Å². The Labute approximate surface area is 169 Å². The molecule has 2 N–H and O–H groups in total. The predicted molar refractivity (Wildman–Crippen MR) is 109 cm³/mol. The Morgan fingerprint density at radius 1 is 1.04 bits per heavy atom. The second-order valence-corrected chi connectivity index (χ2v) is 7.08. The average Bonchev–Trinajstić information content (AvgIpc) is 2.61. The second-order valence-electron chi connectivity index (χ2n) is 6.64. The summed E-state index contributed by atoms with van der Waals surface area (Å²) in [4.78, 5) is 36.4. The Hall–Kier alpha value is -2.86. The van der Waals surface area contributed by atoms with E-state index in [0.717, 1.165) is 16.7 Å². The molecule has 0 fully saturated rings. The van der Waals surface area contributed by atoms with Crippen LogP contribution in [0.5, 0.6) is 0 Å². The van der Waals surface area contributed by atoms with E-state index in [1.807, 2.05) is 26.8 Å². The van der Waals surface area contributed by atoms with Crippen molar-refractivity contribution in [3.8, 4) is 0 Å². The Bertz CT molecular complexity index is 891. The SMILES string of the molecule is Cc1cc(C)cc(C(=O)NCC(=O)OC(C)C(=O)Nc2cc(Cl)ccc2C)c1. The van der Waals surface area contributed by atoms with Gasteiger partial charge in [0.05, 0.1) is 0 Å². The first-order valence-corrected chi connectivity index (χ1v) is 9.16. The molecule has 1 atom stereocenters. The fraction of sp³-hybridized carbons (Fsp3) is 0.286. The Balaban J connectivity index is 1.87. The minimum atomic E-state index is -1.02. The van der Waals surface area contributed by atoms with Crippen molar-refractivity contribution in [2.75, 3.05) is 11.9 Å². The molecule has 1 unspecified atom stereocenters. The van der Waals surface area contributed by atoms with Crippen LogP contribution < -0.4 is 10.6 Å². The molecule has 0 bridgehead atoms. The molecular weight excluding hydrogens is 380 g/mol. The van der Waals surface area contributed by atoms with Crippen molar-refractivity contribution < 1.29 is 19.1 Å². The molecule has 2 aromatic rings. The van der Waals surface area contributed by atoms with Crippen molar-refractivity contribution in [3.63, 3.8) is 0 Å². The van der Waals surface area contributed by atoms with Crippen molar-refractivity contribution in [2.45, 2.75) is 33.8 Å². The van der Waals surface area contributed by atoms with Crippen LogP contribution in [0.4, 0.5) is 5.69 Å². The highest BCUT2D eigenvalue weighted by Crippen LogP contribution is 2.20. The van der Waals surface area contributed by atoms with Crippen molar-refractivity contribution in [2.24, 2.45) is 0 Å². The lowest BCUT2D eigenvalue weighted by Crippen LogP contribution is -2.36. The number of carbonyl (C=O) groups excluding carboxylic acids is 3. The minimum absolute atomic E-state index is 0.334. The van der Waals surface area contributed by atoms with Gasteiger partial charge in [-0.05, 0) is 57.5 Å². The van der Waals surface area contributed by atoms with E-state index in [1.54, 1.807) is 30.3 Å². The average molecular weight is 403 g/mol. The van der Waals surface area contributed by atoms with Crippen LogP contribution in [0.2, 0.25) is 5.02 Å². The van der Waals surface area contributed by atoms with Gasteiger partial charge in [-0.25, -0.2) is 0 Å². The van der Waals surface area contributed by atoms with Crippen LogP contribution in [-0.2, 0) is 14.3 Å². The van der Waals surface area contributed by atoms with Crippen molar-refractivity contribution >= 4 is 35.1 Å². The van der Waals surface area contributed by atoms with Crippen LogP contribution in [0.25, 0.3) is 0 Å². The molecule has 0 aliphatic heterocycles. The topological polar surface area (TPSA) is 84.5 Å². The van der Waals surface area contributed by atoms with Crippen LogP contribution >= 0.6 is 11.6 Å². The van der Waals surface area contributed by atoms with Gasteiger partial charge in [0, 0.05) is 16.3 Å². The first-order valence-electron chi connectivity index (χ1n) is 8.78. The zero-order valence-corrected chi connectivity index (χ0v) is 17.0. The molecule has 148 valence electrons. The number of esters is 1. The number of hydrogen-bond donors (Lipinski definition) is 2. The van der Waals surface area contributed by atoms with Gasteiger partial charge in [-0.15, -0.1) is 0 Å². The zero-order valence-electron chi connectivity index (χ0n) is 16.3. The number of ether oxygens (including phenoxy) is 1. The van der Waals surface area contributed by atoms with Crippen molar-refractivity contribution in [3.05, 3.63) is 63.7 Å². The number of rotatable bonds is 6. The number of amides is 2. The quantitative estimate of drug-likeness (QED) is 0.723. The van der Waals surface area contributed by atoms with Gasteiger partial charge in [0.2, 0.25) is 0 Å². The summed E-state index contributed by atoms with van der Waals surface area (Å²) in [7, 11) is 0. The minimum Gasteiger partial charge on any atom is -0.451 e. The molecule has 0 radical (unpaired) electrons. The number of hydrogen-bond acceptors (Lipinski definition) is 4. The zero-order chi connectivity index (χ0) is 20.8. The lowest BCUT2D eigenvalue weighted by atomic mass is 10.1. The summed E-state index contributed by atoms with van der Waals surface area (Å²) >= 11 is 5.93. The van der Waals surface area contributed by atoms with Gasteiger partial charge >= 0.3 is 5.97 Å². The lowest BCUT2D eigenvalue weighted by Gasteiger charge is -2.15. The normalized spacial score (nSPS) is 11.5. The first-order chi connectivity index (χ1) is 13.2. The lowest BCUT2D eigenvalue weighted by molar-refractivity contribution is -0.152. The van der Waals surface area contributed by atoms with Crippen LogP contribution in [0.15, 0.2) is 36.4 Å². The fourth-order valence-corrected chi connectivity index (χ4v) is 2.79. The van der Waals surface area contributed by atoms with E-state index in [2.05, 4.69) is 10.6 Å². The third-order valence-electron chi connectivity index (χ3n) is 4.01. The maximum Gasteiger partial charge on any atom is 0.326 e. The van der Waals surface area contributed by atoms with E-state index in [9.17, 15) is 14.4 Å². The molecular formula is C21H23ClN2O4. The first kappa shape index (κ1) is 21.4. The maximum absolute atomic E-state index is 12.2. The number of carbonyl (C=O) groups is 3. The number of anilines is 1. The summed E-state index contributed by atoms with van der Waals surface area (Å²) in [5, 5.41) is 5.66. The fourth-order valence-electron chi connectivity index (χ4n) is 2.62. The predicted octanol–water partition coefficient (Wildman–Crippen LogP) is 3.57. The van der Waals surface area contributed by atoms with Gasteiger partial charge in [0.25, 0.3) is 11.8 Å². The van der Waals surface area contributed by atoms with Gasteiger partial charge in [-0.3, -0.25) is 14.4 Å². The highest BCUT2D eigenvalue weighted by Gasteiger charge is 2.19. The van der Waals surface area contributed by atoms with Crippen LogP contribution in [0, 0.1) is 20.8 Å². The van der Waals surface area contributed by atoms with Gasteiger partial charge in [-0.1, -0.05) is 34.9 Å². The highest BCUT2D eigenvalue weighted by molar-refractivity contribution is 6.31. The van der Waals surface area contributed by atoms with E-state index >= 15 is 0 Å². The standard InChI is InChI=1S/C21H23ClN2O4/c1-12-7-13(2)9-16(8-12)21(27)23-11-19(25)28-15(4)20(26)24-18-10-17(22)6-5-14(18)3/h5-10,15H,11H2,1-4H3,(H,23,27)(H,24,26). The molecule has 2 aromatic carbocycles. The van der Waals surface area contributed by atoms with E-state index < -0.39 is 18.0 Å². The molecule has 0 aliphatic carbocycles. The molecule has 7 heteroatoms. The molecule has 0 saturated heterocycles. The number of halogens is 1. The van der Waals surface area contributed by atoms with Crippen LogP contribution in [0.1, 0.15) is 34.0 Å². The highest BCUT2D eigenvalue weighted by atomic mass is 35.5. The Kier molecular flexibility index (Phi) is 7.18. The molecule has 2 rings (SSSR count). The van der Waals surface area contributed by atoms with Crippen molar-refractivity contribution in [1.82, 2.24) is 5.32 Å². The summed E-state index contributed by atoms with van der Waals surface area (Å²) in [6, 6.07) is 10.5. The summed E-state index contributed by atoms with van der Waals surface area (Å²) in [6.07, 6.45) is -1.02. The van der Waals surface area contributed by atoms with Crippen LogP contribution in [-0.4, -0.2) is 30.4 Å². The Morgan fingerprint density at radius 2 is 1.68 bits per heavy atom. The van der Waals surface area contributed by atoms with E-state index in [1.165, 1.54) is 6.92 Å². The second kappa shape index (κ2) is 9.37. The molecule has 0 spiro atoms. The number of benzene rings is 2. The summed E-state index contributed by atoms with van der Waals surface area (Å²) in [5.74, 6) is -1.57.